The zero-order valence-electron chi connectivity index (χ0n) is 17.2. The number of hydrogen-bond donors (Lipinski definition) is 1. The van der Waals surface area contributed by atoms with Crippen LogP contribution in [0.25, 0.3) is 0 Å². The van der Waals surface area contributed by atoms with Gasteiger partial charge in [0.25, 0.3) is 0 Å². The van der Waals surface area contributed by atoms with Gasteiger partial charge >= 0.3 is 0 Å². The van der Waals surface area contributed by atoms with Crippen LogP contribution in [0.2, 0.25) is 5.02 Å². The summed E-state index contributed by atoms with van der Waals surface area (Å²) in [6.07, 6.45) is 9.63. The monoisotopic (exact) mass is 438 g/mol. The van der Waals surface area contributed by atoms with Crippen molar-refractivity contribution in [3.63, 3.8) is 0 Å². The molecule has 1 aromatic carbocycles. The third-order valence-electron chi connectivity index (χ3n) is 6.52. The van der Waals surface area contributed by atoms with Crippen LogP contribution in [0.4, 0.5) is 0 Å². The van der Waals surface area contributed by atoms with E-state index >= 15 is 0 Å². The van der Waals surface area contributed by atoms with Gasteiger partial charge in [-0.25, -0.2) is 0 Å². The molecular formula is C23H32Cl2N2O2. The number of alkyl halides is 1. The molecule has 6 heteroatoms. The van der Waals surface area contributed by atoms with Crippen LogP contribution in [0.5, 0.6) is 0 Å². The van der Waals surface area contributed by atoms with Gasteiger partial charge in [-0.2, -0.15) is 0 Å². The zero-order valence-corrected chi connectivity index (χ0v) is 18.7. The van der Waals surface area contributed by atoms with E-state index in [1.807, 2.05) is 12.1 Å². The number of carbonyl (C=O) groups is 2. The molecule has 0 heterocycles. The van der Waals surface area contributed by atoms with Crippen LogP contribution >= 0.6 is 23.2 Å². The standard InChI is InChI=1S/C23H32Cl2N2O2/c1-16-7-5-6-10-20(16)26-23(29)22(17-11-13-18(25)14-12-17)27(21(28)15-24)19-8-3-2-4-9-19/h11-14,16,19-20,22H,2-10,15H2,1H3,(H,26,29)/t16-,20-,22-/m1/s1. The van der Waals surface area contributed by atoms with Crippen molar-refractivity contribution < 1.29 is 9.59 Å². The van der Waals surface area contributed by atoms with Gasteiger partial charge in [-0.15, -0.1) is 11.6 Å². The predicted octanol–water partition coefficient (Wildman–Crippen LogP) is 5.48. The molecular weight excluding hydrogens is 407 g/mol. The van der Waals surface area contributed by atoms with Crippen LogP contribution in [0.1, 0.15) is 76.3 Å². The summed E-state index contributed by atoms with van der Waals surface area (Å²) in [6, 6.07) is 6.81. The lowest BCUT2D eigenvalue weighted by molar-refractivity contribution is -0.143. The van der Waals surface area contributed by atoms with Crippen LogP contribution in [-0.4, -0.2) is 34.7 Å². The molecule has 2 saturated carbocycles. The largest absolute Gasteiger partial charge is 0.351 e. The highest BCUT2D eigenvalue weighted by molar-refractivity contribution is 6.30. The molecule has 0 radical (unpaired) electrons. The number of halogens is 2. The summed E-state index contributed by atoms with van der Waals surface area (Å²) < 4.78 is 0. The molecule has 2 aliphatic rings. The van der Waals surface area contributed by atoms with Gasteiger partial charge in [-0.1, -0.05) is 62.8 Å². The Hall–Kier alpha value is -1.26. The Labute approximate surface area is 184 Å². The lowest BCUT2D eigenvalue weighted by atomic mass is 9.85. The quantitative estimate of drug-likeness (QED) is 0.597. The van der Waals surface area contributed by atoms with Crippen molar-refractivity contribution in [2.24, 2.45) is 5.92 Å². The number of benzene rings is 1. The molecule has 29 heavy (non-hydrogen) atoms. The summed E-state index contributed by atoms with van der Waals surface area (Å²) in [6.45, 7) is 2.20. The Kier molecular flexibility index (Phi) is 8.25. The number of amides is 2. The summed E-state index contributed by atoms with van der Waals surface area (Å²) in [5.74, 6) is 0.0548. The first-order chi connectivity index (χ1) is 14.0. The number of nitrogens with zero attached hydrogens (tertiary/aromatic N) is 1. The van der Waals surface area contributed by atoms with Gasteiger partial charge in [0.05, 0.1) is 0 Å². The van der Waals surface area contributed by atoms with Crippen molar-refractivity contribution in [2.45, 2.75) is 82.8 Å². The molecule has 1 N–H and O–H groups in total. The van der Waals surface area contributed by atoms with Gasteiger partial charge < -0.3 is 10.2 Å². The second kappa shape index (κ2) is 10.7. The normalized spacial score (nSPS) is 24.0. The second-order valence-electron chi connectivity index (χ2n) is 8.56. The predicted molar refractivity (Wildman–Crippen MR) is 118 cm³/mol. The van der Waals surface area contributed by atoms with Gasteiger partial charge in [0.15, 0.2) is 0 Å². The van der Waals surface area contributed by atoms with Gasteiger partial charge in [0.2, 0.25) is 11.8 Å². The molecule has 3 rings (SSSR count). The Morgan fingerprint density at radius 3 is 2.28 bits per heavy atom. The molecule has 2 amide bonds. The first-order valence-electron chi connectivity index (χ1n) is 10.9. The number of hydrogen-bond acceptors (Lipinski definition) is 2. The Morgan fingerprint density at radius 2 is 1.66 bits per heavy atom. The van der Waals surface area contributed by atoms with E-state index in [1.165, 1.54) is 12.8 Å². The van der Waals surface area contributed by atoms with Crippen molar-refractivity contribution in [3.05, 3.63) is 34.9 Å². The minimum absolute atomic E-state index is 0.0465. The SMILES string of the molecule is C[C@@H]1CCCC[C@H]1NC(=O)[C@@H](c1ccc(Cl)cc1)N(C(=O)CCl)C1CCCCC1. The van der Waals surface area contributed by atoms with E-state index in [9.17, 15) is 9.59 Å². The van der Waals surface area contributed by atoms with Crippen molar-refractivity contribution in [1.29, 1.82) is 0 Å². The molecule has 0 bridgehead atoms. The Balaban J connectivity index is 1.92. The van der Waals surface area contributed by atoms with Gasteiger partial charge in [-0.3, -0.25) is 9.59 Å². The zero-order chi connectivity index (χ0) is 20.8. The van der Waals surface area contributed by atoms with E-state index in [0.29, 0.717) is 10.9 Å². The molecule has 2 fully saturated rings. The number of rotatable bonds is 6. The average Bonchev–Trinajstić information content (AvgIpc) is 2.74. The molecule has 0 aliphatic heterocycles. The third kappa shape index (κ3) is 5.67. The van der Waals surface area contributed by atoms with Crippen molar-refractivity contribution in [1.82, 2.24) is 10.2 Å². The fourth-order valence-electron chi connectivity index (χ4n) is 4.86. The number of carbonyl (C=O) groups excluding carboxylic acids is 2. The minimum atomic E-state index is -0.671. The molecule has 0 aromatic heterocycles. The van der Waals surface area contributed by atoms with E-state index < -0.39 is 6.04 Å². The Bertz CT molecular complexity index is 689. The van der Waals surface area contributed by atoms with Crippen LogP contribution < -0.4 is 5.32 Å². The van der Waals surface area contributed by atoms with Crippen LogP contribution in [0.15, 0.2) is 24.3 Å². The summed E-state index contributed by atoms with van der Waals surface area (Å²) in [5.41, 5.74) is 0.791. The van der Waals surface area contributed by atoms with Gasteiger partial charge in [0, 0.05) is 17.1 Å². The Morgan fingerprint density at radius 1 is 1.03 bits per heavy atom. The van der Waals surface area contributed by atoms with E-state index in [0.717, 1.165) is 50.5 Å². The second-order valence-corrected chi connectivity index (χ2v) is 9.26. The summed E-state index contributed by atoms with van der Waals surface area (Å²) >= 11 is 12.1. The van der Waals surface area contributed by atoms with Crippen LogP contribution in [0, 0.1) is 5.92 Å². The van der Waals surface area contributed by atoms with E-state index in [2.05, 4.69) is 12.2 Å². The maximum absolute atomic E-state index is 13.6. The molecule has 0 spiro atoms. The van der Waals surface area contributed by atoms with Gasteiger partial charge in [0.1, 0.15) is 11.9 Å². The smallest absolute Gasteiger partial charge is 0.247 e. The first-order valence-corrected chi connectivity index (χ1v) is 11.9. The highest BCUT2D eigenvalue weighted by Gasteiger charge is 2.37. The lowest BCUT2D eigenvalue weighted by Crippen LogP contribution is -2.52. The highest BCUT2D eigenvalue weighted by atomic mass is 35.5. The molecule has 0 unspecified atom stereocenters. The van der Waals surface area contributed by atoms with Crippen LogP contribution in [-0.2, 0) is 9.59 Å². The maximum Gasteiger partial charge on any atom is 0.247 e. The average molecular weight is 439 g/mol. The topological polar surface area (TPSA) is 49.4 Å². The third-order valence-corrected chi connectivity index (χ3v) is 7.00. The number of nitrogens with one attached hydrogen (secondary N) is 1. The molecule has 160 valence electrons. The minimum Gasteiger partial charge on any atom is -0.351 e. The molecule has 3 atom stereocenters. The van der Waals surface area contributed by atoms with E-state index in [4.69, 9.17) is 23.2 Å². The summed E-state index contributed by atoms with van der Waals surface area (Å²) in [5, 5.41) is 3.88. The molecule has 2 aliphatic carbocycles. The fraction of sp³-hybridized carbons (Fsp3) is 0.652. The lowest BCUT2D eigenvalue weighted by Gasteiger charge is -2.40. The van der Waals surface area contributed by atoms with Gasteiger partial charge in [-0.05, 0) is 49.3 Å². The van der Waals surface area contributed by atoms with Crippen LogP contribution in [0.3, 0.4) is 0 Å². The fourth-order valence-corrected chi connectivity index (χ4v) is 5.13. The highest BCUT2D eigenvalue weighted by Crippen LogP contribution is 2.33. The van der Waals surface area contributed by atoms with E-state index in [1.54, 1.807) is 17.0 Å². The van der Waals surface area contributed by atoms with Crippen molar-refractivity contribution in [2.75, 3.05) is 5.88 Å². The molecule has 0 saturated heterocycles. The summed E-state index contributed by atoms with van der Waals surface area (Å²) in [4.78, 5) is 28.3. The summed E-state index contributed by atoms with van der Waals surface area (Å²) in [7, 11) is 0. The first kappa shape index (κ1) is 22.4. The maximum atomic E-state index is 13.6. The van der Waals surface area contributed by atoms with Crippen molar-refractivity contribution in [3.8, 4) is 0 Å². The molecule has 1 aromatic rings. The van der Waals surface area contributed by atoms with Crippen molar-refractivity contribution >= 4 is 35.0 Å². The molecule has 4 nitrogen and oxygen atoms in total. The van der Waals surface area contributed by atoms with E-state index in [-0.39, 0.29) is 29.8 Å².